The summed E-state index contributed by atoms with van der Waals surface area (Å²) in [5.74, 6) is 0. The van der Waals surface area contributed by atoms with Crippen LogP contribution in [0.3, 0.4) is 0 Å². The minimum absolute atomic E-state index is 0.00519. The molecule has 0 spiro atoms. The second-order valence-corrected chi connectivity index (χ2v) is 4.95. The molecule has 0 heterocycles. The molecule has 0 N–H and O–H groups in total. The van der Waals surface area contributed by atoms with Crippen LogP contribution in [0.25, 0.3) is 0 Å². The Hall–Kier alpha value is -0.780. The first-order valence-corrected chi connectivity index (χ1v) is 5.04. The van der Waals surface area contributed by atoms with E-state index in [9.17, 15) is 19.4 Å². The van der Waals surface area contributed by atoms with Crippen LogP contribution in [-0.4, -0.2) is 0 Å². The van der Waals surface area contributed by atoms with E-state index in [0.29, 0.717) is 0 Å². The summed E-state index contributed by atoms with van der Waals surface area (Å²) in [6.45, 7) is 5.06. The SMILES string of the molecule is [CH]c1ccc(S(F)(F)(F)(F)F)cc1. The molecule has 0 amide bonds. The molecule has 1 aromatic rings. The summed E-state index contributed by atoms with van der Waals surface area (Å²) >= 11 is 0. The summed E-state index contributed by atoms with van der Waals surface area (Å²) in [5.41, 5.74) is 0.00519. The topological polar surface area (TPSA) is 0 Å². The van der Waals surface area contributed by atoms with Gasteiger partial charge in [0.15, 0.2) is 0 Å². The van der Waals surface area contributed by atoms with E-state index in [1.54, 1.807) is 0 Å². The quantitative estimate of drug-likeness (QED) is 0.610. The first-order chi connectivity index (χ1) is 5.49. The van der Waals surface area contributed by atoms with Gasteiger partial charge < -0.3 is 0 Å². The van der Waals surface area contributed by atoms with Gasteiger partial charge in [-0.1, -0.05) is 31.6 Å². The lowest BCUT2D eigenvalue weighted by molar-refractivity contribution is 0.364. The Morgan fingerprint density at radius 2 is 1.23 bits per heavy atom. The zero-order chi connectivity index (χ0) is 10.4. The zero-order valence-corrected chi connectivity index (χ0v) is 7.00. The predicted octanol–water partition coefficient (Wildman–Crippen LogP) is 4.40. The molecule has 0 aliphatic carbocycles. The summed E-state index contributed by atoms with van der Waals surface area (Å²) in [7, 11) is -9.51. The van der Waals surface area contributed by atoms with Gasteiger partial charge in [0.25, 0.3) is 0 Å². The number of benzene rings is 1. The molecule has 0 nitrogen and oxygen atoms in total. The fourth-order valence-electron chi connectivity index (χ4n) is 0.725. The molecule has 1 aromatic carbocycles. The van der Waals surface area contributed by atoms with Crippen LogP contribution in [0.1, 0.15) is 5.56 Å². The van der Waals surface area contributed by atoms with Gasteiger partial charge in [0.05, 0.1) is 0 Å². The molecule has 0 aromatic heterocycles. The fraction of sp³-hybridized carbons (Fsp3) is 0. The monoisotopic (exact) mass is 216 g/mol. The molecular formula is C7H5F5S. The highest BCUT2D eigenvalue weighted by Gasteiger charge is 2.65. The highest BCUT2D eigenvalue weighted by Crippen LogP contribution is 3.02. The van der Waals surface area contributed by atoms with Crippen LogP contribution < -0.4 is 0 Å². The molecule has 0 aliphatic heterocycles. The van der Waals surface area contributed by atoms with Crippen molar-refractivity contribution in [3.8, 4) is 0 Å². The lowest BCUT2D eigenvalue weighted by Gasteiger charge is -2.40. The maximum Gasteiger partial charge on any atom is 0.310 e. The van der Waals surface area contributed by atoms with Gasteiger partial charge in [0.2, 0.25) is 0 Å². The van der Waals surface area contributed by atoms with Gasteiger partial charge in [-0.15, -0.1) is 0 Å². The van der Waals surface area contributed by atoms with Crippen LogP contribution in [0, 0.1) is 6.92 Å². The van der Waals surface area contributed by atoms with Crippen molar-refractivity contribution in [1.29, 1.82) is 0 Å². The molecule has 2 radical (unpaired) electrons. The minimum Gasteiger partial charge on any atom is -0.0936 e. The standard InChI is InChI=1S/C7H5F5S/c1-6-2-4-7(5-3-6)13(8,9,10,11)12/h1-5H. The smallest absolute Gasteiger partial charge is 0.0936 e. The molecule has 0 saturated heterocycles. The van der Waals surface area contributed by atoms with Crippen LogP contribution in [0.4, 0.5) is 19.4 Å². The van der Waals surface area contributed by atoms with Gasteiger partial charge >= 0.3 is 10.2 Å². The van der Waals surface area contributed by atoms with Crippen LogP contribution in [-0.2, 0) is 0 Å². The third kappa shape index (κ3) is 2.58. The first kappa shape index (κ1) is 10.3. The van der Waals surface area contributed by atoms with E-state index in [0.717, 1.165) is 12.1 Å². The van der Waals surface area contributed by atoms with Crippen molar-refractivity contribution in [3.05, 3.63) is 36.8 Å². The van der Waals surface area contributed by atoms with Gasteiger partial charge in [-0.25, -0.2) is 0 Å². The van der Waals surface area contributed by atoms with Gasteiger partial charge in [-0.2, -0.15) is 0 Å². The molecule has 0 bridgehead atoms. The maximum atomic E-state index is 12.0. The highest BCUT2D eigenvalue weighted by molar-refractivity contribution is 8.45. The largest absolute Gasteiger partial charge is 0.310 e. The van der Waals surface area contributed by atoms with Crippen LogP contribution in [0.15, 0.2) is 29.2 Å². The van der Waals surface area contributed by atoms with Crippen LogP contribution in [0.5, 0.6) is 0 Å². The minimum atomic E-state index is -9.51. The van der Waals surface area contributed by atoms with E-state index >= 15 is 0 Å². The Morgan fingerprint density at radius 3 is 1.54 bits per heavy atom. The Morgan fingerprint density at radius 1 is 0.846 bits per heavy atom. The molecule has 1 rings (SSSR count). The van der Waals surface area contributed by atoms with Crippen molar-refractivity contribution in [3.63, 3.8) is 0 Å². The first-order valence-electron chi connectivity index (χ1n) is 3.09. The second-order valence-electron chi connectivity index (χ2n) is 2.54. The Balaban J connectivity index is 3.34. The lowest BCUT2D eigenvalue weighted by Crippen LogP contribution is -2.05. The van der Waals surface area contributed by atoms with E-state index < -0.39 is 15.1 Å². The number of halogens is 5. The number of hydrogen-bond acceptors (Lipinski definition) is 0. The summed E-state index contributed by atoms with van der Waals surface area (Å²) in [6, 6.07) is 2.12. The van der Waals surface area contributed by atoms with Crippen molar-refractivity contribution in [1.82, 2.24) is 0 Å². The van der Waals surface area contributed by atoms with E-state index in [-0.39, 0.29) is 17.7 Å². The molecule has 0 fully saturated rings. The molecular weight excluding hydrogens is 211 g/mol. The predicted molar refractivity (Wildman–Crippen MR) is 41.2 cm³/mol. The molecule has 0 unspecified atom stereocenters. The summed E-state index contributed by atoms with van der Waals surface area (Å²) < 4.78 is 60.2. The fourth-order valence-corrected chi connectivity index (χ4v) is 1.38. The summed E-state index contributed by atoms with van der Waals surface area (Å²) in [4.78, 5) is -1.92. The van der Waals surface area contributed by atoms with Crippen molar-refractivity contribution < 1.29 is 19.4 Å². The lowest BCUT2D eigenvalue weighted by atomic mass is 10.2. The average molecular weight is 216 g/mol. The van der Waals surface area contributed by atoms with E-state index in [1.165, 1.54) is 0 Å². The van der Waals surface area contributed by atoms with Crippen LogP contribution in [0.2, 0.25) is 0 Å². The zero-order valence-electron chi connectivity index (χ0n) is 6.18. The third-order valence-electron chi connectivity index (χ3n) is 1.33. The van der Waals surface area contributed by atoms with Gasteiger partial charge in [0, 0.05) is 0 Å². The molecule has 0 aliphatic rings. The molecule has 0 saturated carbocycles. The van der Waals surface area contributed by atoms with Crippen LogP contribution >= 0.6 is 10.2 Å². The molecule has 0 atom stereocenters. The third-order valence-corrected chi connectivity index (χ3v) is 2.49. The summed E-state index contributed by atoms with van der Waals surface area (Å²) in [6.07, 6.45) is 0. The van der Waals surface area contributed by atoms with E-state index in [2.05, 4.69) is 0 Å². The normalized spacial score (nSPS) is 17.7. The Labute approximate surface area is 72.1 Å². The average Bonchev–Trinajstić information content (AvgIpc) is 1.82. The maximum absolute atomic E-state index is 12.0. The van der Waals surface area contributed by atoms with Crippen molar-refractivity contribution in [2.45, 2.75) is 4.90 Å². The van der Waals surface area contributed by atoms with Gasteiger partial charge in [0.1, 0.15) is 4.90 Å². The van der Waals surface area contributed by atoms with Crippen molar-refractivity contribution in [2.75, 3.05) is 0 Å². The Kier molecular flexibility index (Phi) is 1.58. The molecule has 74 valence electrons. The van der Waals surface area contributed by atoms with E-state index in [4.69, 9.17) is 6.92 Å². The van der Waals surface area contributed by atoms with E-state index in [1.807, 2.05) is 0 Å². The molecule has 6 heteroatoms. The highest BCUT2D eigenvalue weighted by atomic mass is 32.5. The second kappa shape index (κ2) is 2.00. The van der Waals surface area contributed by atoms with Crippen molar-refractivity contribution in [2.24, 2.45) is 0 Å². The molecule has 13 heavy (non-hydrogen) atoms. The van der Waals surface area contributed by atoms with Gasteiger partial charge in [-0.05, 0) is 24.6 Å². The van der Waals surface area contributed by atoms with Gasteiger partial charge in [-0.3, -0.25) is 0 Å². The van der Waals surface area contributed by atoms with Crippen molar-refractivity contribution >= 4 is 10.2 Å². The number of rotatable bonds is 1. The number of hydrogen-bond donors (Lipinski definition) is 0. The summed E-state index contributed by atoms with van der Waals surface area (Å²) in [5, 5.41) is 0. The Bertz CT molecular complexity index is 321.